The average molecular weight is 252 g/mol. The molecule has 0 bridgehead atoms. The van der Waals surface area contributed by atoms with Gasteiger partial charge in [0.2, 0.25) is 0 Å². The van der Waals surface area contributed by atoms with Crippen LogP contribution in [0.2, 0.25) is 0 Å². The number of hydrogen-bond acceptors (Lipinski definition) is 7. The molecule has 8 nitrogen and oxygen atoms in total. The molecule has 2 heterocycles. The first-order valence-corrected chi connectivity index (χ1v) is 5.63. The van der Waals surface area contributed by atoms with Crippen molar-refractivity contribution in [3.05, 3.63) is 12.0 Å². The van der Waals surface area contributed by atoms with E-state index in [1.807, 2.05) is 13.8 Å². The van der Waals surface area contributed by atoms with Crippen molar-refractivity contribution in [3.63, 3.8) is 0 Å². The number of ether oxygens (including phenoxy) is 1. The Bertz CT molecular complexity index is 506. The molecule has 1 atom stereocenters. The van der Waals surface area contributed by atoms with Crippen molar-refractivity contribution in [1.29, 1.82) is 0 Å². The fourth-order valence-electron chi connectivity index (χ4n) is 1.31. The molecule has 0 aliphatic carbocycles. The van der Waals surface area contributed by atoms with Crippen LogP contribution in [-0.2, 0) is 11.8 Å². The highest BCUT2D eigenvalue weighted by molar-refractivity contribution is 5.43. The maximum absolute atomic E-state index is 5.89. The maximum atomic E-state index is 5.89. The van der Waals surface area contributed by atoms with Crippen LogP contribution in [0.15, 0.2) is 10.7 Å². The molecule has 0 aromatic carbocycles. The molecule has 8 heteroatoms. The van der Waals surface area contributed by atoms with Crippen LogP contribution in [0.4, 0.5) is 0 Å². The molecule has 2 N–H and O–H groups in total. The van der Waals surface area contributed by atoms with Crippen LogP contribution in [-0.4, -0.2) is 37.8 Å². The number of nitrogens with two attached hydrogens (primary N) is 1. The van der Waals surface area contributed by atoms with Crippen LogP contribution in [0.1, 0.15) is 25.7 Å². The molecule has 98 valence electrons. The van der Waals surface area contributed by atoms with Gasteiger partial charge in [0.05, 0.1) is 24.9 Å². The smallest absolute Gasteiger partial charge is 0.280 e. The zero-order valence-electron chi connectivity index (χ0n) is 10.6. The summed E-state index contributed by atoms with van der Waals surface area (Å²) in [6.07, 6.45) is 1.80. The number of nitrogens with zero attached hydrogens (tertiary/aromatic N) is 5. The zero-order valence-corrected chi connectivity index (χ0v) is 10.6. The van der Waals surface area contributed by atoms with Crippen molar-refractivity contribution < 1.29 is 9.26 Å². The molecule has 0 saturated carbocycles. The molecule has 0 radical (unpaired) electrons. The third kappa shape index (κ3) is 2.90. The lowest BCUT2D eigenvalue weighted by Crippen LogP contribution is -2.20. The van der Waals surface area contributed by atoms with Crippen LogP contribution in [0.25, 0.3) is 11.6 Å². The van der Waals surface area contributed by atoms with Gasteiger partial charge in [-0.1, -0.05) is 10.4 Å². The van der Waals surface area contributed by atoms with Gasteiger partial charge < -0.3 is 15.0 Å². The van der Waals surface area contributed by atoms with E-state index in [0.29, 0.717) is 24.0 Å². The Morgan fingerprint density at radius 1 is 1.50 bits per heavy atom. The molecule has 0 aliphatic rings. The van der Waals surface area contributed by atoms with E-state index >= 15 is 0 Å². The van der Waals surface area contributed by atoms with Crippen LogP contribution >= 0.6 is 0 Å². The number of rotatable bonds is 5. The Morgan fingerprint density at radius 2 is 2.28 bits per heavy atom. The quantitative estimate of drug-likeness (QED) is 0.815. The van der Waals surface area contributed by atoms with E-state index in [2.05, 4.69) is 20.5 Å². The van der Waals surface area contributed by atoms with Crippen molar-refractivity contribution in [2.24, 2.45) is 12.8 Å². The molecule has 1 unspecified atom stereocenters. The second-order valence-electron chi connectivity index (χ2n) is 4.22. The van der Waals surface area contributed by atoms with Gasteiger partial charge in [-0.25, -0.2) is 0 Å². The molecule has 0 fully saturated rings. The molecular formula is C10H16N6O2. The molecule has 2 rings (SSSR count). The monoisotopic (exact) mass is 252 g/mol. The lowest BCUT2D eigenvalue weighted by Gasteiger charge is -2.10. The minimum atomic E-state index is -0.415. The van der Waals surface area contributed by atoms with Crippen LogP contribution in [0, 0.1) is 0 Å². The normalized spacial score (nSPS) is 13.2. The largest absolute Gasteiger partial charge is 0.377 e. The van der Waals surface area contributed by atoms with Gasteiger partial charge >= 0.3 is 0 Å². The molecule has 0 amide bonds. The fraction of sp³-hybridized carbons (Fsp3) is 0.600. The molecular weight excluding hydrogens is 236 g/mol. The van der Waals surface area contributed by atoms with E-state index in [4.69, 9.17) is 15.0 Å². The van der Waals surface area contributed by atoms with Crippen LogP contribution in [0.3, 0.4) is 0 Å². The van der Waals surface area contributed by atoms with Crippen molar-refractivity contribution in [2.45, 2.75) is 26.0 Å². The SMILES string of the molecule is CC(C)OCC(N)c1noc(-c2cn(C)nn2)n1. The van der Waals surface area contributed by atoms with Crippen LogP contribution in [0.5, 0.6) is 0 Å². The summed E-state index contributed by atoms with van der Waals surface area (Å²) in [5.74, 6) is 0.703. The van der Waals surface area contributed by atoms with E-state index in [1.54, 1.807) is 17.9 Å². The number of aryl methyl sites for hydroxylation is 1. The van der Waals surface area contributed by atoms with Gasteiger partial charge in [0, 0.05) is 7.05 Å². The summed E-state index contributed by atoms with van der Waals surface area (Å²) in [7, 11) is 1.76. The number of aromatic nitrogens is 5. The Hall–Kier alpha value is -1.80. The van der Waals surface area contributed by atoms with Gasteiger partial charge in [-0.05, 0) is 13.8 Å². The van der Waals surface area contributed by atoms with E-state index in [1.165, 1.54) is 0 Å². The van der Waals surface area contributed by atoms with E-state index in [9.17, 15) is 0 Å². The number of hydrogen-bond donors (Lipinski definition) is 1. The van der Waals surface area contributed by atoms with E-state index in [-0.39, 0.29) is 6.10 Å². The molecule has 0 aliphatic heterocycles. The van der Waals surface area contributed by atoms with Crippen molar-refractivity contribution in [1.82, 2.24) is 25.1 Å². The lowest BCUT2D eigenvalue weighted by atomic mass is 10.3. The van der Waals surface area contributed by atoms with Gasteiger partial charge in [0.1, 0.15) is 0 Å². The first-order valence-electron chi connectivity index (χ1n) is 5.63. The maximum Gasteiger partial charge on any atom is 0.280 e. The summed E-state index contributed by atoms with van der Waals surface area (Å²) in [5, 5.41) is 11.5. The summed E-state index contributed by atoms with van der Waals surface area (Å²) >= 11 is 0. The highest BCUT2D eigenvalue weighted by Gasteiger charge is 2.17. The Morgan fingerprint density at radius 3 is 2.89 bits per heavy atom. The van der Waals surface area contributed by atoms with Gasteiger partial charge in [-0.15, -0.1) is 5.10 Å². The van der Waals surface area contributed by atoms with E-state index < -0.39 is 6.04 Å². The van der Waals surface area contributed by atoms with Crippen LogP contribution < -0.4 is 5.73 Å². The first kappa shape index (κ1) is 12.7. The Labute approximate surface area is 104 Å². The lowest BCUT2D eigenvalue weighted by molar-refractivity contribution is 0.0665. The molecule has 2 aromatic heterocycles. The van der Waals surface area contributed by atoms with Gasteiger partial charge in [0.25, 0.3) is 5.89 Å². The third-order valence-electron chi connectivity index (χ3n) is 2.20. The molecule has 0 saturated heterocycles. The Kier molecular flexibility index (Phi) is 3.68. The molecule has 18 heavy (non-hydrogen) atoms. The van der Waals surface area contributed by atoms with Gasteiger partial charge in [0.15, 0.2) is 11.5 Å². The van der Waals surface area contributed by atoms with Crippen molar-refractivity contribution >= 4 is 0 Å². The molecule has 2 aromatic rings. The Balaban J connectivity index is 2.06. The highest BCUT2D eigenvalue weighted by Crippen LogP contribution is 2.15. The predicted octanol–water partition coefficient (Wildman–Crippen LogP) is 0.290. The minimum Gasteiger partial charge on any atom is -0.377 e. The second kappa shape index (κ2) is 5.23. The van der Waals surface area contributed by atoms with Gasteiger partial charge in [-0.2, -0.15) is 4.98 Å². The van der Waals surface area contributed by atoms with Gasteiger partial charge in [-0.3, -0.25) is 4.68 Å². The fourth-order valence-corrected chi connectivity index (χ4v) is 1.31. The predicted molar refractivity (Wildman–Crippen MR) is 62.3 cm³/mol. The summed E-state index contributed by atoms with van der Waals surface area (Å²) in [4.78, 5) is 4.17. The van der Waals surface area contributed by atoms with Crippen molar-refractivity contribution in [2.75, 3.05) is 6.61 Å². The third-order valence-corrected chi connectivity index (χ3v) is 2.20. The first-order chi connectivity index (χ1) is 8.56. The topological polar surface area (TPSA) is 105 Å². The van der Waals surface area contributed by atoms with E-state index in [0.717, 1.165) is 0 Å². The minimum absolute atomic E-state index is 0.113. The van der Waals surface area contributed by atoms with Crippen molar-refractivity contribution in [3.8, 4) is 11.6 Å². The highest BCUT2D eigenvalue weighted by atomic mass is 16.5. The molecule has 0 spiro atoms. The average Bonchev–Trinajstić information content (AvgIpc) is 2.93. The standard InChI is InChI=1S/C10H16N6O2/c1-6(2)17-5-7(11)9-12-10(18-14-9)8-4-16(3)15-13-8/h4,6-7H,5,11H2,1-3H3. The summed E-state index contributed by atoms with van der Waals surface area (Å²) in [5.41, 5.74) is 6.41. The summed E-state index contributed by atoms with van der Waals surface area (Å²) in [6, 6.07) is -0.415. The summed E-state index contributed by atoms with van der Waals surface area (Å²) in [6.45, 7) is 4.22. The second-order valence-corrected chi connectivity index (χ2v) is 4.22. The zero-order chi connectivity index (χ0) is 13.1. The summed E-state index contributed by atoms with van der Waals surface area (Å²) < 4.78 is 12.0.